The lowest BCUT2D eigenvalue weighted by Crippen LogP contribution is -2.43. The molecule has 2 atom stereocenters. The molecule has 21 heavy (non-hydrogen) atoms. The van der Waals surface area contributed by atoms with Gasteiger partial charge in [0.25, 0.3) is 0 Å². The van der Waals surface area contributed by atoms with Gasteiger partial charge in [-0.25, -0.2) is 0 Å². The minimum absolute atomic E-state index is 0.303. The smallest absolute Gasteiger partial charge is 0.315 e. The minimum atomic E-state index is -0.820. The van der Waals surface area contributed by atoms with E-state index in [0.717, 1.165) is 11.1 Å². The van der Waals surface area contributed by atoms with E-state index in [1.807, 2.05) is 12.1 Å². The van der Waals surface area contributed by atoms with Gasteiger partial charge in [0.05, 0.1) is 19.8 Å². The molecule has 1 aromatic rings. The maximum absolute atomic E-state index is 12.5. The molecule has 2 rings (SSSR count). The molecule has 1 heterocycles. The third kappa shape index (κ3) is 3.04. The average Bonchev–Trinajstić information content (AvgIpc) is 2.48. The Morgan fingerprint density at radius 1 is 1.52 bits per heavy atom. The van der Waals surface area contributed by atoms with Gasteiger partial charge in [0.15, 0.2) is 0 Å². The van der Waals surface area contributed by atoms with Crippen LogP contribution in [0.4, 0.5) is 0 Å². The number of methoxy groups -OCH3 is 1. The minimum Gasteiger partial charge on any atom is -0.468 e. The number of allylic oxidation sites excluding steroid dienone is 1. The number of esters is 1. The van der Waals surface area contributed by atoms with Gasteiger partial charge in [-0.1, -0.05) is 42.0 Å². The van der Waals surface area contributed by atoms with Gasteiger partial charge in [-0.05, 0) is 30.5 Å². The highest BCUT2D eigenvalue weighted by Gasteiger charge is 2.50. The second-order valence-corrected chi connectivity index (χ2v) is 5.75. The van der Waals surface area contributed by atoms with Crippen LogP contribution in [0.5, 0.6) is 0 Å². The van der Waals surface area contributed by atoms with Crippen LogP contribution in [0, 0.1) is 5.41 Å². The quantitative estimate of drug-likeness (QED) is 0.621. The van der Waals surface area contributed by atoms with E-state index in [2.05, 4.69) is 13.2 Å². The first kappa shape index (κ1) is 15.8. The first-order valence-electron chi connectivity index (χ1n) is 6.76. The van der Waals surface area contributed by atoms with Crippen molar-refractivity contribution < 1.29 is 14.3 Å². The maximum Gasteiger partial charge on any atom is 0.315 e. The Balaban J connectivity index is 2.48. The molecule has 0 amide bonds. The summed E-state index contributed by atoms with van der Waals surface area (Å²) in [5.74, 6) is -0.303. The van der Waals surface area contributed by atoms with E-state index in [1.165, 1.54) is 7.11 Å². The molecular weight excluding hydrogens is 288 g/mol. The van der Waals surface area contributed by atoms with Gasteiger partial charge >= 0.3 is 5.97 Å². The third-order valence-electron chi connectivity index (χ3n) is 3.79. The summed E-state index contributed by atoms with van der Waals surface area (Å²) in [4.78, 5) is 12.5. The number of hydrogen-bond donors (Lipinski definition) is 0. The fourth-order valence-electron chi connectivity index (χ4n) is 2.91. The second kappa shape index (κ2) is 6.46. The number of carbonyl (C=O) groups excluding carboxylic acids is 1. The first-order valence-corrected chi connectivity index (χ1v) is 7.14. The number of carbonyl (C=O) groups is 1. The van der Waals surface area contributed by atoms with E-state index in [-0.39, 0.29) is 5.97 Å². The van der Waals surface area contributed by atoms with Crippen molar-refractivity contribution in [1.29, 1.82) is 0 Å². The lowest BCUT2D eigenvalue weighted by molar-refractivity contribution is -0.168. The van der Waals surface area contributed by atoms with Crippen molar-refractivity contribution in [1.82, 2.24) is 0 Å². The topological polar surface area (TPSA) is 35.5 Å². The van der Waals surface area contributed by atoms with E-state index in [1.54, 1.807) is 18.2 Å². The summed E-state index contributed by atoms with van der Waals surface area (Å²) in [6.45, 7) is 8.17. The van der Waals surface area contributed by atoms with Crippen molar-refractivity contribution in [2.45, 2.75) is 18.9 Å². The molecule has 1 aromatic carbocycles. The first-order chi connectivity index (χ1) is 10.0. The molecule has 0 N–H and O–H groups in total. The van der Waals surface area contributed by atoms with Crippen molar-refractivity contribution in [2.24, 2.45) is 5.41 Å². The molecular formula is C17H19ClO3. The summed E-state index contributed by atoms with van der Waals surface area (Å²) >= 11 is 5.93. The van der Waals surface area contributed by atoms with Crippen LogP contribution in [-0.4, -0.2) is 19.7 Å². The summed E-state index contributed by atoms with van der Waals surface area (Å²) < 4.78 is 11.0. The second-order valence-electron chi connectivity index (χ2n) is 5.31. The fourth-order valence-corrected chi connectivity index (χ4v) is 3.03. The molecule has 3 nitrogen and oxygen atoms in total. The molecule has 1 saturated heterocycles. The summed E-state index contributed by atoms with van der Waals surface area (Å²) in [5, 5.41) is 0.645. The van der Waals surface area contributed by atoms with Gasteiger partial charge in [-0.2, -0.15) is 0 Å². The van der Waals surface area contributed by atoms with Crippen LogP contribution in [0.2, 0.25) is 5.02 Å². The van der Waals surface area contributed by atoms with E-state index in [4.69, 9.17) is 21.1 Å². The summed E-state index contributed by atoms with van der Waals surface area (Å²) in [6, 6.07) is 7.34. The van der Waals surface area contributed by atoms with Crippen LogP contribution < -0.4 is 0 Å². The van der Waals surface area contributed by atoms with Crippen LogP contribution in [0.15, 0.2) is 49.1 Å². The molecule has 112 valence electrons. The summed E-state index contributed by atoms with van der Waals surface area (Å²) in [7, 11) is 1.39. The SMILES string of the molecule is C=CC[C@@]1(C(=O)OC)CC(=C)CO[C@@H]1c1ccc(Cl)cc1. The Labute approximate surface area is 130 Å². The molecule has 0 spiro atoms. The number of benzene rings is 1. The average molecular weight is 307 g/mol. The van der Waals surface area contributed by atoms with Crippen molar-refractivity contribution in [3.8, 4) is 0 Å². The lowest BCUT2D eigenvalue weighted by Gasteiger charge is -2.42. The predicted molar refractivity (Wildman–Crippen MR) is 83.2 cm³/mol. The van der Waals surface area contributed by atoms with Crippen molar-refractivity contribution in [3.05, 3.63) is 59.7 Å². The summed E-state index contributed by atoms with van der Waals surface area (Å²) in [6.07, 6.45) is 2.32. The normalized spacial score (nSPS) is 25.4. The van der Waals surface area contributed by atoms with Gasteiger partial charge in [-0.3, -0.25) is 4.79 Å². The number of halogens is 1. The Hall–Kier alpha value is -1.58. The predicted octanol–water partition coefficient (Wildman–Crippen LogP) is 4.09. The van der Waals surface area contributed by atoms with Crippen LogP contribution in [0.25, 0.3) is 0 Å². The molecule has 0 aliphatic carbocycles. The van der Waals surface area contributed by atoms with Crippen LogP contribution in [-0.2, 0) is 14.3 Å². The summed E-state index contributed by atoms with van der Waals surface area (Å²) in [5.41, 5.74) is 0.964. The molecule has 4 heteroatoms. The van der Waals surface area contributed by atoms with E-state index in [0.29, 0.717) is 24.5 Å². The molecule has 1 aliphatic rings. The fraction of sp³-hybridized carbons (Fsp3) is 0.353. The van der Waals surface area contributed by atoms with Crippen molar-refractivity contribution in [2.75, 3.05) is 13.7 Å². The third-order valence-corrected chi connectivity index (χ3v) is 4.05. The molecule has 1 fully saturated rings. The number of rotatable bonds is 4. The van der Waals surface area contributed by atoms with Crippen LogP contribution in [0.3, 0.4) is 0 Å². The Morgan fingerprint density at radius 2 is 2.19 bits per heavy atom. The molecule has 0 saturated carbocycles. The molecule has 0 unspecified atom stereocenters. The molecule has 0 radical (unpaired) electrons. The lowest BCUT2D eigenvalue weighted by atomic mass is 9.70. The Bertz CT molecular complexity index is 550. The monoisotopic (exact) mass is 306 g/mol. The largest absolute Gasteiger partial charge is 0.468 e. The van der Waals surface area contributed by atoms with Crippen molar-refractivity contribution in [3.63, 3.8) is 0 Å². The Kier molecular flexibility index (Phi) is 4.86. The van der Waals surface area contributed by atoms with Gasteiger partial charge in [0.2, 0.25) is 0 Å². The molecule has 0 aromatic heterocycles. The van der Waals surface area contributed by atoms with Crippen LogP contribution >= 0.6 is 11.6 Å². The van der Waals surface area contributed by atoms with Crippen molar-refractivity contribution >= 4 is 17.6 Å². The van der Waals surface area contributed by atoms with Crippen LogP contribution in [0.1, 0.15) is 24.5 Å². The zero-order valence-corrected chi connectivity index (χ0v) is 12.9. The van der Waals surface area contributed by atoms with E-state index < -0.39 is 11.5 Å². The van der Waals surface area contributed by atoms with Gasteiger partial charge in [0.1, 0.15) is 5.41 Å². The van der Waals surface area contributed by atoms with E-state index >= 15 is 0 Å². The zero-order chi connectivity index (χ0) is 15.5. The Morgan fingerprint density at radius 3 is 2.76 bits per heavy atom. The van der Waals surface area contributed by atoms with Gasteiger partial charge in [0, 0.05) is 5.02 Å². The maximum atomic E-state index is 12.5. The zero-order valence-electron chi connectivity index (χ0n) is 12.1. The highest BCUT2D eigenvalue weighted by Crippen LogP contribution is 2.49. The van der Waals surface area contributed by atoms with Gasteiger partial charge in [-0.15, -0.1) is 6.58 Å². The number of hydrogen-bond acceptors (Lipinski definition) is 3. The van der Waals surface area contributed by atoms with E-state index in [9.17, 15) is 4.79 Å². The molecule has 1 aliphatic heterocycles. The molecule has 0 bridgehead atoms. The van der Waals surface area contributed by atoms with Gasteiger partial charge < -0.3 is 9.47 Å². The highest BCUT2D eigenvalue weighted by atomic mass is 35.5. The standard InChI is InChI=1S/C17H19ClO3/c1-4-9-17(16(19)20-3)10-12(2)11-21-15(17)13-5-7-14(18)8-6-13/h4-8,15H,1-2,9-11H2,3H3/t15-,17-/m1/s1. The number of ether oxygens (including phenoxy) is 2. The highest BCUT2D eigenvalue weighted by molar-refractivity contribution is 6.30.